The molecular weight excluding hydrogens is 491 g/mol. The molecule has 1 saturated carbocycles. The third-order valence-electron chi connectivity index (χ3n) is 6.05. The van der Waals surface area contributed by atoms with Crippen LogP contribution in [0.1, 0.15) is 38.2 Å². The molecule has 0 spiro atoms. The van der Waals surface area contributed by atoms with Gasteiger partial charge in [-0.1, -0.05) is 0 Å². The van der Waals surface area contributed by atoms with Gasteiger partial charge in [-0.2, -0.15) is 0 Å². The first kappa shape index (κ1) is 22.0. The molecule has 3 N–H and O–H groups in total. The maximum atomic E-state index is 14.0. The van der Waals surface area contributed by atoms with Gasteiger partial charge in [-0.25, -0.2) is 0 Å². The van der Waals surface area contributed by atoms with Crippen LogP contribution in [0.2, 0.25) is 8.23 Å². The molecular formula is C20H28F2N2O2PSb. The zero-order valence-electron chi connectivity index (χ0n) is 16.3. The summed E-state index contributed by atoms with van der Waals surface area (Å²) in [5.41, 5.74) is 4.04. The van der Waals surface area contributed by atoms with Crippen molar-refractivity contribution in [1.29, 1.82) is 5.41 Å². The van der Waals surface area contributed by atoms with Crippen LogP contribution in [0.4, 0.5) is 8.78 Å². The molecule has 2 fully saturated rings. The van der Waals surface area contributed by atoms with E-state index in [1.54, 1.807) is 23.1 Å². The van der Waals surface area contributed by atoms with Crippen molar-refractivity contribution >= 4 is 37.3 Å². The van der Waals surface area contributed by atoms with Crippen LogP contribution in [-0.2, 0) is 13.4 Å². The third kappa shape index (κ3) is 4.55. The van der Waals surface area contributed by atoms with Crippen LogP contribution in [-0.4, -0.2) is 37.2 Å². The second-order valence-corrected chi connectivity index (χ2v) is 18.8. The Bertz CT molecular complexity index is 851. The van der Waals surface area contributed by atoms with Gasteiger partial charge in [0.1, 0.15) is 0 Å². The topological polar surface area (TPSA) is 76.2 Å². The molecule has 4 nitrogen and oxygen atoms in total. The van der Waals surface area contributed by atoms with Crippen molar-refractivity contribution in [2.75, 3.05) is 6.61 Å². The van der Waals surface area contributed by atoms with Gasteiger partial charge >= 0.3 is 172 Å². The quantitative estimate of drug-likeness (QED) is 0.339. The molecule has 1 aromatic carbocycles. The number of allylic oxidation sites excluding steroid dienone is 1. The summed E-state index contributed by atoms with van der Waals surface area (Å²) in [7, 11) is 1.54. The van der Waals surface area contributed by atoms with E-state index in [9.17, 15) is 11.8 Å². The minimum absolute atomic E-state index is 0.143. The number of ether oxygens (including phenoxy) is 1. The molecule has 1 aromatic rings. The third-order valence-corrected chi connectivity index (χ3v) is 17.0. The Balaban J connectivity index is 1.86. The van der Waals surface area contributed by atoms with Crippen LogP contribution in [0, 0.1) is 11.3 Å². The summed E-state index contributed by atoms with van der Waals surface area (Å²) in [6, 6.07) is 6.01. The van der Waals surface area contributed by atoms with E-state index in [0.29, 0.717) is 40.3 Å². The van der Waals surface area contributed by atoms with E-state index in [0.717, 1.165) is 12.8 Å². The fourth-order valence-electron chi connectivity index (χ4n) is 3.66. The van der Waals surface area contributed by atoms with Crippen molar-refractivity contribution in [3.63, 3.8) is 0 Å². The molecule has 3 rings (SSSR count). The maximum absolute atomic E-state index is 14.0. The van der Waals surface area contributed by atoms with Crippen LogP contribution >= 0.6 is 9.24 Å². The zero-order valence-corrected chi connectivity index (χ0v) is 20.0. The van der Waals surface area contributed by atoms with Crippen LogP contribution < -0.4 is 9.24 Å². The van der Waals surface area contributed by atoms with Crippen LogP contribution in [0.25, 0.3) is 0 Å². The Morgan fingerprint density at radius 1 is 1.46 bits per heavy atom. The van der Waals surface area contributed by atoms with E-state index in [1.165, 1.54) is 21.4 Å². The molecule has 154 valence electrons. The summed E-state index contributed by atoms with van der Waals surface area (Å²) in [4.78, 5) is 1.76. The summed E-state index contributed by atoms with van der Waals surface area (Å²) in [6.45, 7) is 2.38. The molecule has 4 unspecified atom stereocenters. The Labute approximate surface area is 171 Å². The van der Waals surface area contributed by atoms with Gasteiger partial charge in [0.25, 0.3) is 0 Å². The summed E-state index contributed by atoms with van der Waals surface area (Å²) >= 11 is -4.14. The molecule has 0 amide bonds. The number of hydrogen-bond acceptors (Lipinski definition) is 4. The fourth-order valence-corrected chi connectivity index (χ4v) is 10.7. The molecule has 0 radical (unpaired) electrons. The van der Waals surface area contributed by atoms with E-state index < -0.39 is 33.9 Å². The number of halogens is 2. The van der Waals surface area contributed by atoms with Crippen molar-refractivity contribution < 1.29 is 16.5 Å². The molecule has 4 atom stereocenters. The monoisotopic (exact) mass is 518 g/mol. The van der Waals surface area contributed by atoms with Crippen molar-refractivity contribution in [3.05, 3.63) is 41.6 Å². The van der Waals surface area contributed by atoms with Crippen molar-refractivity contribution in [2.24, 2.45) is 11.7 Å². The molecule has 8 heteroatoms. The molecule has 1 aliphatic carbocycles. The van der Waals surface area contributed by atoms with Gasteiger partial charge in [-0.3, -0.25) is 0 Å². The predicted molar refractivity (Wildman–Crippen MR) is 112 cm³/mol. The zero-order chi connectivity index (χ0) is 20.7. The Morgan fingerprint density at radius 2 is 2.14 bits per heavy atom. The SMILES string of the molecule is C[C]1([Sb]([CH3])(=[O])[c]2cccc(C(F)(F)P)c2)CCOC(/C(N)=C/C(=N)C2CC2)C1. The number of benzene rings is 1. The van der Waals surface area contributed by atoms with Gasteiger partial charge in [0.15, 0.2) is 0 Å². The second-order valence-electron chi connectivity index (χ2n) is 8.28. The molecule has 2 aliphatic rings. The number of alkyl halides is 2. The molecule has 1 heterocycles. The van der Waals surface area contributed by atoms with Crippen LogP contribution in [0.3, 0.4) is 0 Å². The average Bonchev–Trinajstić information content (AvgIpc) is 3.46. The summed E-state index contributed by atoms with van der Waals surface area (Å²) in [5.74, 6) is 0.299. The molecule has 1 saturated heterocycles. The van der Waals surface area contributed by atoms with Gasteiger partial charge in [-0.05, 0) is 0 Å². The van der Waals surface area contributed by atoms with E-state index in [4.69, 9.17) is 15.9 Å². The molecule has 0 bridgehead atoms. The number of rotatable bonds is 6. The fraction of sp³-hybridized carbons (Fsp3) is 0.550. The van der Waals surface area contributed by atoms with Gasteiger partial charge in [-0.15, -0.1) is 0 Å². The number of nitrogens with one attached hydrogen (secondary N) is 1. The minimum atomic E-state index is -4.14. The molecule has 0 aromatic heterocycles. The van der Waals surface area contributed by atoms with Crippen LogP contribution in [0.5, 0.6) is 0 Å². The Kier molecular flexibility index (Phi) is 6.17. The van der Waals surface area contributed by atoms with Gasteiger partial charge in [0.2, 0.25) is 0 Å². The summed E-state index contributed by atoms with van der Waals surface area (Å²) in [6.07, 6.45) is 4.41. The van der Waals surface area contributed by atoms with Gasteiger partial charge in [0.05, 0.1) is 0 Å². The van der Waals surface area contributed by atoms with Gasteiger partial charge in [0, 0.05) is 0 Å². The molecule has 28 heavy (non-hydrogen) atoms. The number of hydrogen-bond donors (Lipinski definition) is 2. The standard InChI is InChI=1S/C12H19N2O.C7H6F2P.CH3.O.Sb/c1-8-4-5-15-12(6-8)11(14)7-10(13)9-2-3-9;8-7(9,10)6-4-2-1-3-5-6;;;/h7,9,12-13H,2-6,14H2,1H3;1-2,4-5H,10H2;1H3;;/b11-7-,13-10?;;;;. The first-order chi connectivity index (χ1) is 12.9. The van der Waals surface area contributed by atoms with Crippen molar-refractivity contribution in [3.8, 4) is 0 Å². The van der Waals surface area contributed by atoms with E-state index in [-0.39, 0.29) is 5.56 Å². The molecule has 1 aliphatic heterocycles. The average molecular weight is 519 g/mol. The van der Waals surface area contributed by atoms with Crippen LogP contribution in [0.15, 0.2) is 36.0 Å². The number of nitrogens with two attached hydrogens (primary N) is 1. The predicted octanol–water partition coefficient (Wildman–Crippen LogP) is 4.04. The van der Waals surface area contributed by atoms with Crippen molar-refractivity contribution in [2.45, 2.75) is 52.6 Å². The van der Waals surface area contributed by atoms with Gasteiger partial charge < -0.3 is 0 Å². The van der Waals surface area contributed by atoms with E-state index in [1.807, 2.05) is 6.92 Å². The Hall–Kier alpha value is -0.702. The first-order valence-corrected chi connectivity index (χ1v) is 16.2. The summed E-state index contributed by atoms with van der Waals surface area (Å²) < 4.78 is 47.3. The second kappa shape index (κ2) is 7.85. The normalized spacial score (nSPS) is 28.6. The van der Waals surface area contributed by atoms with E-state index >= 15 is 0 Å². The Morgan fingerprint density at radius 3 is 2.75 bits per heavy atom. The van der Waals surface area contributed by atoms with E-state index in [2.05, 4.69) is 0 Å². The van der Waals surface area contributed by atoms with Crippen molar-refractivity contribution in [1.82, 2.24) is 0 Å². The first-order valence-electron chi connectivity index (χ1n) is 9.46. The summed E-state index contributed by atoms with van der Waals surface area (Å²) in [5, 5.41) is 8.06.